The SMILES string of the molecule is Cc1cc(F)c(C2CS(=O)CC(C)N2)cc1F. The first-order chi connectivity index (χ1) is 7.97. The summed E-state index contributed by atoms with van der Waals surface area (Å²) < 4.78 is 38.8. The van der Waals surface area contributed by atoms with E-state index in [1.165, 1.54) is 19.1 Å². The summed E-state index contributed by atoms with van der Waals surface area (Å²) in [4.78, 5) is 0. The monoisotopic (exact) mass is 259 g/mol. The van der Waals surface area contributed by atoms with Crippen molar-refractivity contribution in [1.29, 1.82) is 0 Å². The molecule has 5 heteroatoms. The Morgan fingerprint density at radius 1 is 1.29 bits per heavy atom. The molecule has 0 radical (unpaired) electrons. The van der Waals surface area contributed by atoms with Crippen LogP contribution in [0, 0.1) is 18.6 Å². The lowest BCUT2D eigenvalue weighted by Gasteiger charge is -2.29. The summed E-state index contributed by atoms with van der Waals surface area (Å²) >= 11 is 0. The van der Waals surface area contributed by atoms with Crippen LogP contribution in [0.25, 0.3) is 0 Å². The van der Waals surface area contributed by atoms with Gasteiger partial charge in [-0.1, -0.05) is 0 Å². The first kappa shape index (κ1) is 12.6. The van der Waals surface area contributed by atoms with E-state index in [4.69, 9.17) is 0 Å². The van der Waals surface area contributed by atoms with Gasteiger partial charge >= 0.3 is 0 Å². The number of hydrogen-bond acceptors (Lipinski definition) is 2. The third-order valence-corrected chi connectivity index (χ3v) is 4.50. The number of hydrogen-bond donors (Lipinski definition) is 1. The van der Waals surface area contributed by atoms with Crippen molar-refractivity contribution in [2.24, 2.45) is 0 Å². The molecule has 17 heavy (non-hydrogen) atoms. The minimum Gasteiger partial charge on any atom is -0.306 e. The maximum atomic E-state index is 13.8. The average molecular weight is 259 g/mol. The summed E-state index contributed by atoms with van der Waals surface area (Å²) in [7, 11) is -0.973. The van der Waals surface area contributed by atoms with E-state index in [0.717, 1.165) is 0 Å². The Morgan fingerprint density at radius 2 is 2.00 bits per heavy atom. The summed E-state index contributed by atoms with van der Waals surface area (Å²) in [5.41, 5.74) is 0.559. The van der Waals surface area contributed by atoms with Gasteiger partial charge in [0.15, 0.2) is 0 Å². The van der Waals surface area contributed by atoms with Crippen LogP contribution in [-0.2, 0) is 10.8 Å². The second-order valence-electron chi connectivity index (χ2n) is 4.52. The van der Waals surface area contributed by atoms with Crippen molar-refractivity contribution in [2.75, 3.05) is 11.5 Å². The van der Waals surface area contributed by atoms with Crippen LogP contribution in [0.5, 0.6) is 0 Å². The van der Waals surface area contributed by atoms with E-state index in [0.29, 0.717) is 11.5 Å². The molecule has 0 amide bonds. The third kappa shape index (κ3) is 2.72. The molecule has 0 aliphatic carbocycles. The van der Waals surface area contributed by atoms with Gasteiger partial charge in [-0.15, -0.1) is 0 Å². The van der Waals surface area contributed by atoms with Gasteiger partial charge in [-0.3, -0.25) is 4.21 Å². The Balaban J connectivity index is 2.33. The van der Waals surface area contributed by atoms with Gasteiger partial charge in [-0.2, -0.15) is 0 Å². The number of halogens is 2. The Morgan fingerprint density at radius 3 is 2.65 bits per heavy atom. The second-order valence-corrected chi connectivity index (χ2v) is 6.06. The van der Waals surface area contributed by atoms with Crippen molar-refractivity contribution in [2.45, 2.75) is 25.9 Å². The first-order valence-corrected chi connectivity index (χ1v) is 7.02. The summed E-state index contributed by atoms with van der Waals surface area (Å²) in [5, 5.41) is 3.15. The van der Waals surface area contributed by atoms with Crippen LogP contribution in [0.15, 0.2) is 12.1 Å². The van der Waals surface area contributed by atoms with Crippen molar-refractivity contribution in [3.8, 4) is 0 Å². The van der Waals surface area contributed by atoms with E-state index < -0.39 is 22.4 Å². The summed E-state index contributed by atoms with van der Waals surface area (Å²) in [5.74, 6) is 0.0377. The molecule has 1 aliphatic heterocycles. The lowest BCUT2D eigenvalue weighted by Crippen LogP contribution is -2.43. The largest absolute Gasteiger partial charge is 0.306 e. The fourth-order valence-electron chi connectivity index (χ4n) is 2.08. The molecule has 1 aromatic carbocycles. The quantitative estimate of drug-likeness (QED) is 0.836. The molecule has 3 unspecified atom stereocenters. The predicted octanol–water partition coefficient (Wildman–Crippen LogP) is 2.05. The van der Waals surface area contributed by atoms with Crippen LogP contribution in [0.2, 0.25) is 0 Å². The fourth-order valence-corrected chi connectivity index (χ4v) is 3.52. The Bertz CT molecular complexity index is 464. The third-order valence-electron chi connectivity index (χ3n) is 2.93. The van der Waals surface area contributed by atoms with Gasteiger partial charge < -0.3 is 5.32 Å². The molecule has 0 aromatic heterocycles. The molecule has 94 valence electrons. The molecule has 1 saturated heterocycles. The second kappa shape index (κ2) is 4.82. The van der Waals surface area contributed by atoms with Crippen LogP contribution < -0.4 is 5.32 Å². The highest BCUT2D eigenvalue weighted by Crippen LogP contribution is 2.24. The number of benzene rings is 1. The van der Waals surface area contributed by atoms with Gasteiger partial charge in [0, 0.05) is 40.0 Å². The van der Waals surface area contributed by atoms with Crippen molar-refractivity contribution in [1.82, 2.24) is 5.32 Å². The minimum absolute atomic E-state index is 0.0540. The van der Waals surface area contributed by atoms with E-state index in [1.807, 2.05) is 6.92 Å². The number of nitrogens with one attached hydrogen (secondary N) is 1. The van der Waals surface area contributed by atoms with Crippen LogP contribution >= 0.6 is 0 Å². The zero-order chi connectivity index (χ0) is 12.6. The average Bonchev–Trinajstić information content (AvgIpc) is 2.22. The van der Waals surface area contributed by atoms with Crippen LogP contribution in [0.1, 0.15) is 24.1 Å². The maximum Gasteiger partial charge on any atom is 0.128 e. The normalized spacial score (nSPS) is 29.3. The maximum absolute atomic E-state index is 13.8. The van der Waals surface area contributed by atoms with Crippen molar-refractivity contribution in [3.05, 3.63) is 34.9 Å². The van der Waals surface area contributed by atoms with E-state index in [-0.39, 0.29) is 23.2 Å². The van der Waals surface area contributed by atoms with Gasteiger partial charge in [-0.25, -0.2) is 8.78 Å². The van der Waals surface area contributed by atoms with Gasteiger partial charge in [-0.05, 0) is 31.5 Å². The van der Waals surface area contributed by atoms with Gasteiger partial charge in [0.1, 0.15) is 11.6 Å². The Kier molecular flexibility index (Phi) is 3.58. The summed E-state index contributed by atoms with van der Waals surface area (Å²) in [6, 6.07) is 2.08. The smallest absolute Gasteiger partial charge is 0.128 e. The molecule has 2 rings (SSSR count). The molecule has 1 aromatic rings. The zero-order valence-electron chi connectivity index (χ0n) is 9.80. The van der Waals surface area contributed by atoms with Crippen molar-refractivity contribution in [3.63, 3.8) is 0 Å². The van der Waals surface area contributed by atoms with Crippen LogP contribution in [0.3, 0.4) is 0 Å². The fraction of sp³-hybridized carbons (Fsp3) is 0.500. The van der Waals surface area contributed by atoms with E-state index in [2.05, 4.69) is 5.32 Å². The van der Waals surface area contributed by atoms with E-state index in [9.17, 15) is 13.0 Å². The lowest BCUT2D eigenvalue weighted by atomic mass is 10.0. The van der Waals surface area contributed by atoms with Gasteiger partial charge in [0.05, 0.1) is 0 Å². The van der Waals surface area contributed by atoms with Gasteiger partial charge in [0.25, 0.3) is 0 Å². The molecule has 1 fully saturated rings. The molecular formula is C12H15F2NOS. The van der Waals surface area contributed by atoms with Crippen molar-refractivity contribution >= 4 is 10.8 Å². The minimum atomic E-state index is -0.973. The molecular weight excluding hydrogens is 244 g/mol. The van der Waals surface area contributed by atoms with Gasteiger partial charge in [0.2, 0.25) is 0 Å². The van der Waals surface area contributed by atoms with Crippen LogP contribution in [0.4, 0.5) is 8.78 Å². The lowest BCUT2D eigenvalue weighted by molar-refractivity contribution is 0.466. The summed E-state index contributed by atoms with van der Waals surface area (Å²) in [6.45, 7) is 3.42. The Hall–Kier alpha value is -0.810. The molecule has 1 aliphatic rings. The van der Waals surface area contributed by atoms with E-state index >= 15 is 0 Å². The standard InChI is InChI=1S/C12H15F2NOS/c1-7-3-11(14)9(4-10(7)13)12-6-17(16)5-8(2)15-12/h3-4,8,12,15H,5-6H2,1-2H3. The highest BCUT2D eigenvalue weighted by molar-refractivity contribution is 7.85. The molecule has 0 spiro atoms. The van der Waals surface area contributed by atoms with E-state index in [1.54, 1.807) is 0 Å². The zero-order valence-corrected chi connectivity index (χ0v) is 10.6. The highest BCUT2D eigenvalue weighted by atomic mass is 32.2. The molecule has 1 N–H and O–H groups in total. The number of aryl methyl sites for hydroxylation is 1. The Labute approximate surface area is 102 Å². The number of rotatable bonds is 1. The topological polar surface area (TPSA) is 29.1 Å². The predicted molar refractivity (Wildman–Crippen MR) is 64.3 cm³/mol. The van der Waals surface area contributed by atoms with Crippen molar-refractivity contribution < 1.29 is 13.0 Å². The first-order valence-electron chi connectivity index (χ1n) is 5.54. The molecule has 0 saturated carbocycles. The summed E-state index contributed by atoms with van der Waals surface area (Å²) in [6.07, 6.45) is 0. The molecule has 0 bridgehead atoms. The molecule has 2 nitrogen and oxygen atoms in total. The molecule has 1 heterocycles. The molecule has 3 atom stereocenters. The van der Waals surface area contributed by atoms with Crippen LogP contribution in [-0.4, -0.2) is 21.8 Å². The highest BCUT2D eigenvalue weighted by Gasteiger charge is 2.26.